The van der Waals surface area contributed by atoms with Gasteiger partial charge in [0.15, 0.2) is 0 Å². The van der Waals surface area contributed by atoms with Crippen LogP contribution in [-0.2, 0) is 0 Å². The highest BCUT2D eigenvalue weighted by molar-refractivity contribution is 5.29. The molecule has 0 N–H and O–H groups in total. The van der Waals surface area contributed by atoms with Crippen LogP contribution in [0.5, 0.6) is 0 Å². The molecule has 0 nitrogen and oxygen atoms in total. The van der Waals surface area contributed by atoms with Gasteiger partial charge in [-0.1, -0.05) is 39.8 Å². The third-order valence-electron chi connectivity index (χ3n) is 2.01. The van der Waals surface area contributed by atoms with E-state index in [9.17, 15) is 0 Å². The summed E-state index contributed by atoms with van der Waals surface area (Å²) < 4.78 is 0. The lowest BCUT2D eigenvalue weighted by atomic mass is 9.91. The number of hydrogen-bond donors (Lipinski definition) is 0. The van der Waals surface area contributed by atoms with Crippen molar-refractivity contribution in [1.82, 2.24) is 0 Å². The zero-order valence-corrected chi connectivity index (χ0v) is 8.31. The van der Waals surface area contributed by atoms with Crippen LogP contribution in [-0.4, -0.2) is 0 Å². The second-order valence-electron chi connectivity index (χ2n) is 3.76. The Balaban J connectivity index is 3.09. The molecule has 0 atom stereocenters. The minimum Gasteiger partial charge on any atom is -0.0586 e. The first-order valence-electron chi connectivity index (χ1n) is 4.55. The van der Waals surface area contributed by atoms with Crippen LogP contribution in [0.25, 0.3) is 0 Å². The van der Waals surface area contributed by atoms with Crippen LogP contribution in [0.1, 0.15) is 50.7 Å². The van der Waals surface area contributed by atoms with Gasteiger partial charge in [-0.2, -0.15) is 0 Å². The Hall–Kier alpha value is -0.780. The van der Waals surface area contributed by atoms with Crippen molar-refractivity contribution in [3.8, 4) is 0 Å². The van der Waals surface area contributed by atoms with Crippen molar-refractivity contribution in [2.75, 3.05) is 0 Å². The molecule has 0 aliphatic rings. The molecule has 0 heteroatoms. The van der Waals surface area contributed by atoms with Gasteiger partial charge >= 0.3 is 0 Å². The zero-order valence-electron chi connectivity index (χ0n) is 8.31. The van der Waals surface area contributed by atoms with Gasteiger partial charge in [0.25, 0.3) is 0 Å². The molecule has 1 rings (SSSR count). The fourth-order valence-corrected chi connectivity index (χ4v) is 1.37. The van der Waals surface area contributed by atoms with Crippen molar-refractivity contribution in [2.24, 2.45) is 0 Å². The van der Waals surface area contributed by atoms with Gasteiger partial charge in [0.1, 0.15) is 0 Å². The minimum atomic E-state index is 0.555. The van der Waals surface area contributed by atoms with E-state index in [-0.39, 0.29) is 0 Å². The molecule has 2 radical (unpaired) electrons. The van der Waals surface area contributed by atoms with Crippen molar-refractivity contribution < 1.29 is 0 Å². The van der Waals surface area contributed by atoms with E-state index in [1.54, 1.807) is 0 Å². The summed E-state index contributed by atoms with van der Waals surface area (Å²) in [6.07, 6.45) is 0. The molecule has 0 aliphatic carbocycles. The van der Waals surface area contributed by atoms with Crippen molar-refractivity contribution >= 4 is 0 Å². The highest BCUT2D eigenvalue weighted by Crippen LogP contribution is 2.24. The molecule has 0 saturated heterocycles. The third kappa shape index (κ3) is 1.88. The van der Waals surface area contributed by atoms with Crippen molar-refractivity contribution in [2.45, 2.75) is 39.5 Å². The van der Waals surface area contributed by atoms with Crippen LogP contribution >= 0.6 is 0 Å². The Kier molecular flexibility index (Phi) is 2.91. The first kappa shape index (κ1) is 9.31. The molecule has 0 bridgehead atoms. The maximum Gasteiger partial charge on any atom is -0.0143 e. The largest absolute Gasteiger partial charge is 0.0586 e. The van der Waals surface area contributed by atoms with Gasteiger partial charge in [-0.3, -0.25) is 0 Å². The lowest BCUT2D eigenvalue weighted by molar-refractivity contribution is 0.787. The Labute approximate surface area is 75.6 Å². The van der Waals surface area contributed by atoms with Crippen LogP contribution < -0.4 is 0 Å². The summed E-state index contributed by atoms with van der Waals surface area (Å²) in [7, 11) is 0. The summed E-state index contributed by atoms with van der Waals surface area (Å²) in [5.41, 5.74) is 2.63. The van der Waals surface area contributed by atoms with Gasteiger partial charge in [0.2, 0.25) is 0 Å². The molecule has 0 amide bonds. The molecule has 0 heterocycles. The monoisotopic (exact) mass is 160 g/mol. The third-order valence-corrected chi connectivity index (χ3v) is 2.01. The molecule has 0 fully saturated rings. The van der Waals surface area contributed by atoms with Crippen LogP contribution in [0.4, 0.5) is 0 Å². The van der Waals surface area contributed by atoms with E-state index in [1.165, 1.54) is 11.1 Å². The molecule has 12 heavy (non-hydrogen) atoms. The van der Waals surface area contributed by atoms with Crippen molar-refractivity contribution in [1.29, 1.82) is 0 Å². The molecule has 0 saturated carbocycles. The lowest BCUT2D eigenvalue weighted by Crippen LogP contribution is -1.98. The molecule has 1 aromatic carbocycles. The fourth-order valence-electron chi connectivity index (χ4n) is 1.37. The molecule has 0 unspecified atom stereocenters. The molecule has 0 spiro atoms. The molecule has 1 aromatic rings. The van der Waals surface area contributed by atoms with E-state index in [1.807, 2.05) is 12.1 Å². The topological polar surface area (TPSA) is 0 Å². The summed E-state index contributed by atoms with van der Waals surface area (Å²) in [6.45, 7) is 8.80. The highest BCUT2D eigenvalue weighted by atomic mass is 14.1. The molecule has 64 valence electrons. The normalized spacial score (nSPS) is 11.2. The minimum absolute atomic E-state index is 0.555. The molecular weight excluding hydrogens is 144 g/mol. The number of rotatable bonds is 2. The van der Waals surface area contributed by atoms with Crippen LogP contribution in [0.2, 0.25) is 0 Å². The second-order valence-corrected chi connectivity index (χ2v) is 3.76. The van der Waals surface area contributed by atoms with E-state index in [0.717, 1.165) is 0 Å². The quantitative estimate of drug-likeness (QED) is 0.620. The molecule has 0 aliphatic heterocycles. The Bertz CT molecular complexity index is 219. The standard InChI is InChI=1S/C12H16/c1-9(2)11-7-5-6-8-12(11)10(3)4/h5-6,9-10H,1-4H3. The zero-order chi connectivity index (χ0) is 9.14. The van der Waals surface area contributed by atoms with E-state index in [2.05, 4.69) is 39.8 Å². The Morgan fingerprint density at radius 1 is 0.833 bits per heavy atom. The summed E-state index contributed by atoms with van der Waals surface area (Å²) in [5, 5.41) is 0. The van der Waals surface area contributed by atoms with Gasteiger partial charge in [0, 0.05) is 0 Å². The van der Waals surface area contributed by atoms with E-state index in [4.69, 9.17) is 0 Å². The van der Waals surface area contributed by atoms with Gasteiger partial charge in [0.05, 0.1) is 0 Å². The molecular formula is C12H16. The van der Waals surface area contributed by atoms with E-state index in [0.29, 0.717) is 11.8 Å². The van der Waals surface area contributed by atoms with Crippen molar-refractivity contribution in [3.63, 3.8) is 0 Å². The lowest BCUT2D eigenvalue weighted by Gasteiger charge is -2.13. The highest BCUT2D eigenvalue weighted by Gasteiger charge is 2.08. The van der Waals surface area contributed by atoms with Gasteiger partial charge in [-0.05, 0) is 35.1 Å². The molecule has 0 aromatic heterocycles. The summed E-state index contributed by atoms with van der Waals surface area (Å²) in [6, 6.07) is 10.5. The fraction of sp³-hybridized carbons (Fsp3) is 0.500. The predicted octanol–water partition coefficient (Wildman–Crippen LogP) is 3.53. The SMILES string of the molecule is CC(C)c1[c]cc[c]c1C(C)C. The van der Waals surface area contributed by atoms with Crippen LogP contribution in [0.3, 0.4) is 0 Å². The maximum atomic E-state index is 3.29. The Morgan fingerprint density at radius 2 is 1.17 bits per heavy atom. The van der Waals surface area contributed by atoms with Gasteiger partial charge in [-0.15, -0.1) is 0 Å². The van der Waals surface area contributed by atoms with Crippen LogP contribution in [0, 0.1) is 12.1 Å². The smallest absolute Gasteiger partial charge is 0.0143 e. The average molecular weight is 160 g/mol. The van der Waals surface area contributed by atoms with Crippen LogP contribution in [0.15, 0.2) is 12.1 Å². The first-order chi connectivity index (χ1) is 5.63. The summed E-state index contributed by atoms with van der Waals surface area (Å²) in [5.74, 6) is 1.11. The van der Waals surface area contributed by atoms with E-state index >= 15 is 0 Å². The van der Waals surface area contributed by atoms with E-state index < -0.39 is 0 Å². The summed E-state index contributed by atoms with van der Waals surface area (Å²) >= 11 is 0. The van der Waals surface area contributed by atoms with Gasteiger partial charge < -0.3 is 0 Å². The van der Waals surface area contributed by atoms with Gasteiger partial charge in [-0.25, -0.2) is 0 Å². The Morgan fingerprint density at radius 3 is 1.42 bits per heavy atom. The average Bonchev–Trinajstić information content (AvgIpc) is 2.04. The summed E-state index contributed by atoms with van der Waals surface area (Å²) in [4.78, 5) is 0. The first-order valence-corrected chi connectivity index (χ1v) is 4.55. The second kappa shape index (κ2) is 3.75. The van der Waals surface area contributed by atoms with Crippen molar-refractivity contribution in [3.05, 3.63) is 35.4 Å². The number of benzene rings is 1. The maximum absolute atomic E-state index is 3.29. The predicted molar refractivity (Wildman–Crippen MR) is 52.3 cm³/mol. The number of hydrogen-bond acceptors (Lipinski definition) is 0.